The van der Waals surface area contributed by atoms with E-state index in [4.69, 9.17) is 4.98 Å². The Labute approximate surface area is 198 Å². The Morgan fingerprint density at radius 3 is 2.42 bits per heavy atom. The summed E-state index contributed by atoms with van der Waals surface area (Å²) < 4.78 is 2.40. The first-order chi connectivity index (χ1) is 15.9. The SMILES string of the molecule is CCC(C)C[C@H](NC(=O)c1ccc2c(c1)nc(CC1CCCCC1)n2C(CC)CC)C(=O)O. The van der Waals surface area contributed by atoms with Crippen molar-refractivity contribution in [2.24, 2.45) is 11.8 Å². The van der Waals surface area contributed by atoms with Crippen molar-refractivity contribution >= 4 is 22.9 Å². The molecule has 2 N–H and O–H groups in total. The molecule has 6 nitrogen and oxygen atoms in total. The summed E-state index contributed by atoms with van der Waals surface area (Å²) in [7, 11) is 0. The smallest absolute Gasteiger partial charge is 0.326 e. The van der Waals surface area contributed by atoms with Gasteiger partial charge in [-0.05, 0) is 49.3 Å². The highest BCUT2D eigenvalue weighted by Gasteiger charge is 2.25. The number of hydrogen-bond donors (Lipinski definition) is 2. The van der Waals surface area contributed by atoms with E-state index in [-0.39, 0.29) is 11.8 Å². The lowest BCUT2D eigenvalue weighted by Gasteiger charge is -2.24. The molecule has 0 bridgehead atoms. The van der Waals surface area contributed by atoms with Crippen molar-refractivity contribution in [2.45, 2.75) is 104 Å². The van der Waals surface area contributed by atoms with E-state index in [2.05, 4.69) is 23.7 Å². The summed E-state index contributed by atoms with van der Waals surface area (Å²) in [4.78, 5) is 29.6. The van der Waals surface area contributed by atoms with Crippen LogP contribution in [-0.2, 0) is 11.2 Å². The minimum Gasteiger partial charge on any atom is -0.480 e. The first-order valence-corrected chi connectivity index (χ1v) is 12.9. The van der Waals surface area contributed by atoms with E-state index in [0.717, 1.165) is 42.5 Å². The molecular formula is C27H41N3O3. The van der Waals surface area contributed by atoms with Gasteiger partial charge in [-0.15, -0.1) is 0 Å². The number of carboxylic acid groups (broad SMARTS) is 1. The number of aliphatic carboxylic acids is 1. The highest BCUT2D eigenvalue weighted by Crippen LogP contribution is 2.31. The lowest BCUT2D eigenvalue weighted by molar-refractivity contribution is -0.139. The van der Waals surface area contributed by atoms with Crippen LogP contribution in [0, 0.1) is 11.8 Å². The number of hydrogen-bond acceptors (Lipinski definition) is 3. The van der Waals surface area contributed by atoms with Crippen LogP contribution >= 0.6 is 0 Å². The molecule has 1 fully saturated rings. The number of rotatable bonds is 11. The van der Waals surface area contributed by atoms with E-state index in [9.17, 15) is 14.7 Å². The van der Waals surface area contributed by atoms with E-state index in [1.807, 2.05) is 32.0 Å². The molecule has 0 spiro atoms. The van der Waals surface area contributed by atoms with Crippen LogP contribution in [0.5, 0.6) is 0 Å². The Hall–Kier alpha value is -2.37. The second-order valence-electron chi connectivity index (χ2n) is 9.89. The Bertz CT molecular complexity index is 941. The first kappa shape index (κ1) is 25.3. The topological polar surface area (TPSA) is 84.2 Å². The Morgan fingerprint density at radius 2 is 1.82 bits per heavy atom. The van der Waals surface area contributed by atoms with Gasteiger partial charge in [0.05, 0.1) is 11.0 Å². The maximum atomic E-state index is 12.9. The molecule has 1 aromatic carbocycles. The molecule has 1 aliphatic carbocycles. The molecule has 0 saturated heterocycles. The fourth-order valence-corrected chi connectivity index (χ4v) is 5.18. The molecule has 1 amide bonds. The molecule has 3 rings (SSSR count). The number of aromatic nitrogens is 2. The van der Waals surface area contributed by atoms with Crippen LogP contribution < -0.4 is 5.32 Å². The van der Waals surface area contributed by atoms with Gasteiger partial charge in [-0.2, -0.15) is 0 Å². The molecule has 182 valence electrons. The van der Waals surface area contributed by atoms with E-state index in [1.165, 1.54) is 32.1 Å². The Balaban J connectivity index is 1.89. The predicted octanol–water partition coefficient (Wildman–Crippen LogP) is 6.14. The standard InChI is InChI=1S/C27H41N3O3/c1-5-18(4)15-23(27(32)33)29-26(31)20-13-14-24-22(17-20)28-25(30(24)21(6-2)7-3)16-19-11-9-8-10-12-19/h13-14,17-19,21,23H,5-12,15-16H2,1-4H3,(H,29,31)(H,32,33)/t18?,23-/m0/s1. The molecule has 2 aromatic rings. The minimum absolute atomic E-state index is 0.229. The number of carboxylic acids is 1. The first-order valence-electron chi connectivity index (χ1n) is 12.9. The van der Waals surface area contributed by atoms with Crippen LogP contribution in [0.25, 0.3) is 11.0 Å². The van der Waals surface area contributed by atoms with Crippen molar-refractivity contribution in [3.05, 3.63) is 29.6 Å². The van der Waals surface area contributed by atoms with Crippen molar-refractivity contribution in [3.8, 4) is 0 Å². The number of benzene rings is 1. The van der Waals surface area contributed by atoms with E-state index < -0.39 is 12.0 Å². The molecule has 33 heavy (non-hydrogen) atoms. The molecule has 6 heteroatoms. The molecule has 1 aliphatic rings. The van der Waals surface area contributed by atoms with Crippen LogP contribution in [0.1, 0.15) is 108 Å². The molecular weight excluding hydrogens is 414 g/mol. The summed E-state index contributed by atoms with van der Waals surface area (Å²) in [5.74, 6) is 0.703. The lowest BCUT2D eigenvalue weighted by Crippen LogP contribution is -2.41. The molecule has 1 aromatic heterocycles. The van der Waals surface area contributed by atoms with Crippen LogP contribution in [0.15, 0.2) is 18.2 Å². The predicted molar refractivity (Wildman–Crippen MR) is 133 cm³/mol. The molecule has 1 saturated carbocycles. The average Bonchev–Trinajstić information content (AvgIpc) is 3.16. The minimum atomic E-state index is -0.988. The van der Waals surface area contributed by atoms with Gasteiger partial charge in [-0.25, -0.2) is 9.78 Å². The van der Waals surface area contributed by atoms with Gasteiger partial charge < -0.3 is 15.0 Å². The number of carbonyl (C=O) groups excluding carboxylic acids is 1. The summed E-state index contributed by atoms with van der Waals surface area (Å²) in [6.45, 7) is 8.47. The molecule has 1 heterocycles. The zero-order valence-corrected chi connectivity index (χ0v) is 20.8. The number of fused-ring (bicyclic) bond motifs is 1. The van der Waals surface area contributed by atoms with Gasteiger partial charge in [-0.1, -0.05) is 66.2 Å². The highest BCUT2D eigenvalue weighted by atomic mass is 16.4. The monoisotopic (exact) mass is 455 g/mol. The van der Waals surface area contributed by atoms with Gasteiger partial charge in [-0.3, -0.25) is 4.79 Å². The zero-order chi connectivity index (χ0) is 24.0. The average molecular weight is 456 g/mol. The van der Waals surface area contributed by atoms with Crippen LogP contribution in [-0.4, -0.2) is 32.6 Å². The maximum absolute atomic E-state index is 12.9. The fourth-order valence-electron chi connectivity index (χ4n) is 5.18. The third kappa shape index (κ3) is 6.15. The van der Waals surface area contributed by atoms with Gasteiger partial charge in [0, 0.05) is 18.0 Å². The normalized spacial score (nSPS) is 16.8. The zero-order valence-electron chi connectivity index (χ0n) is 20.8. The number of carbonyl (C=O) groups is 2. The van der Waals surface area contributed by atoms with E-state index in [1.54, 1.807) is 0 Å². The molecule has 2 atom stereocenters. The number of nitrogens with zero attached hydrogens (tertiary/aromatic N) is 2. The quantitative estimate of drug-likeness (QED) is 0.426. The Kier molecular flexibility index (Phi) is 8.93. The van der Waals surface area contributed by atoms with Crippen molar-refractivity contribution in [2.75, 3.05) is 0 Å². The van der Waals surface area contributed by atoms with Crippen molar-refractivity contribution in [1.82, 2.24) is 14.9 Å². The maximum Gasteiger partial charge on any atom is 0.326 e. The van der Waals surface area contributed by atoms with Crippen LogP contribution in [0.2, 0.25) is 0 Å². The summed E-state index contributed by atoms with van der Waals surface area (Å²) in [5.41, 5.74) is 2.37. The summed E-state index contributed by atoms with van der Waals surface area (Å²) in [6.07, 6.45) is 10.9. The summed E-state index contributed by atoms with van der Waals surface area (Å²) >= 11 is 0. The molecule has 0 radical (unpaired) electrons. The third-order valence-corrected chi connectivity index (χ3v) is 7.47. The highest BCUT2D eigenvalue weighted by molar-refractivity contribution is 5.99. The third-order valence-electron chi connectivity index (χ3n) is 7.47. The van der Waals surface area contributed by atoms with Gasteiger partial charge in [0.15, 0.2) is 0 Å². The molecule has 1 unspecified atom stereocenters. The van der Waals surface area contributed by atoms with Gasteiger partial charge in [0.25, 0.3) is 5.91 Å². The van der Waals surface area contributed by atoms with Crippen molar-refractivity contribution < 1.29 is 14.7 Å². The molecule has 0 aliphatic heterocycles. The van der Waals surface area contributed by atoms with Gasteiger partial charge in [0.1, 0.15) is 11.9 Å². The lowest BCUT2D eigenvalue weighted by atomic mass is 9.87. The van der Waals surface area contributed by atoms with Crippen LogP contribution in [0.3, 0.4) is 0 Å². The fraction of sp³-hybridized carbons (Fsp3) is 0.667. The van der Waals surface area contributed by atoms with Gasteiger partial charge >= 0.3 is 5.97 Å². The summed E-state index contributed by atoms with van der Waals surface area (Å²) in [6, 6.07) is 5.14. The largest absolute Gasteiger partial charge is 0.480 e. The van der Waals surface area contributed by atoms with Crippen molar-refractivity contribution in [1.29, 1.82) is 0 Å². The van der Waals surface area contributed by atoms with E-state index >= 15 is 0 Å². The van der Waals surface area contributed by atoms with Gasteiger partial charge in [0.2, 0.25) is 0 Å². The number of nitrogens with one attached hydrogen (secondary N) is 1. The summed E-state index contributed by atoms with van der Waals surface area (Å²) in [5, 5.41) is 12.3. The van der Waals surface area contributed by atoms with Crippen LogP contribution in [0.4, 0.5) is 0 Å². The second-order valence-corrected chi connectivity index (χ2v) is 9.89. The Morgan fingerprint density at radius 1 is 1.12 bits per heavy atom. The number of amides is 1. The number of imidazole rings is 1. The van der Waals surface area contributed by atoms with Crippen molar-refractivity contribution in [3.63, 3.8) is 0 Å². The van der Waals surface area contributed by atoms with E-state index in [0.29, 0.717) is 23.9 Å². The second kappa shape index (κ2) is 11.7.